The van der Waals surface area contributed by atoms with Gasteiger partial charge in [-0.3, -0.25) is 4.79 Å². The Hall–Kier alpha value is -5.47. The zero-order chi connectivity index (χ0) is 27.4. The fourth-order valence-corrected chi connectivity index (χ4v) is 3.24. The third-order valence-electron chi connectivity index (χ3n) is 4.76. The lowest BCUT2D eigenvalue weighted by Crippen LogP contribution is -2.24. The minimum Gasteiger partial charge on any atom is -0.494 e. The molecule has 0 radical (unpaired) electrons. The molecule has 11 nitrogen and oxygen atoms in total. The molecule has 0 saturated carbocycles. The van der Waals surface area contributed by atoms with Crippen molar-refractivity contribution in [3.8, 4) is 24.0 Å². The molecule has 0 aliphatic heterocycles. The smallest absolute Gasteiger partial charge is 0.339 e. The number of carbonyl (C=O) groups excluding carboxylic acids is 2. The standard InChI is InChI=1S/C26H23N7O4/c1-5-8-33(9-6-2)23-13-21(30-17(3)34)22(14-24(23)36-4)31-32-25-19(15-28)11-18(12-20(25)16-29)26(35)37-10-7-27/h5-6,11-14H,1-2,8-10H2,3-4H3,(H,30,34). The molecule has 0 unspecified atom stereocenters. The number of hydrogen-bond donors (Lipinski definition) is 1. The summed E-state index contributed by atoms with van der Waals surface area (Å²) < 4.78 is 10.3. The summed E-state index contributed by atoms with van der Waals surface area (Å²) in [5.41, 5.74) is 0.743. The summed E-state index contributed by atoms with van der Waals surface area (Å²) in [6.45, 7) is 9.33. The Kier molecular flexibility index (Phi) is 10.1. The number of azo groups is 1. The second-order valence-corrected chi connectivity index (χ2v) is 7.28. The fourth-order valence-electron chi connectivity index (χ4n) is 3.24. The van der Waals surface area contributed by atoms with Crippen LogP contribution in [0.5, 0.6) is 5.75 Å². The SMILES string of the molecule is C=CCN(CC=C)c1cc(NC(C)=O)c(N=Nc2c(C#N)cc(C(=O)OCC#N)cc2C#N)cc1OC. The second-order valence-electron chi connectivity index (χ2n) is 7.28. The predicted octanol–water partition coefficient (Wildman–Crippen LogP) is 4.67. The van der Waals surface area contributed by atoms with Crippen LogP contribution in [0.25, 0.3) is 0 Å². The quantitative estimate of drug-likeness (QED) is 0.266. The zero-order valence-electron chi connectivity index (χ0n) is 20.3. The van der Waals surface area contributed by atoms with Crippen molar-refractivity contribution in [3.63, 3.8) is 0 Å². The van der Waals surface area contributed by atoms with E-state index in [0.29, 0.717) is 30.2 Å². The predicted molar refractivity (Wildman–Crippen MR) is 136 cm³/mol. The van der Waals surface area contributed by atoms with E-state index in [9.17, 15) is 20.1 Å². The summed E-state index contributed by atoms with van der Waals surface area (Å²) in [4.78, 5) is 25.9. The van der Waals surface area contributed by atoms with E-state index in [2.05, 4.69) is 28.7 Å². The van der Waals surface area contributed by atoms with Gasteiger partial charge in [-0.25, -0.2) is 4.79 Å². The van der Waals surface area contributed by atoms with Crippen molar-refractivity contribution in [2.24, 2.45) is 10.2 Å². The van der Waals surface area contributed by atoms with E-state index in [1.807, 2.05) is 17.0 Å². The van der Waals surface area contributed by atoms with Crippen molar-refractivity contribution < 1.29 is 19.1 Å². The van der Waals surface area contributed by atoms with Gasteiger partial charge in [-0.2, -0.15) is 15.8 Å². The molecule has 0 aliphatic carbocycles. The Balaban J connectivity index is 2.65. The number of anilines is 2. The van der Waals surface area contributed by atoms with Crippen LogP contribution in [0.15, 0.2) is 59.8 Å². The molecular weight excluding hydrogens is 474 g/mol. The highest BCUT2D eigenvalue weighted by Gasteiger charge is 2.18. The first-order valence-corrected chi connectivity index (χ1v) is 10.7. The van der Waals surface area contributed by atoms with E-state index in [1.165, 1.54) is 26.2 Å². The van der Waals surface area contributed by atoms with Crippen LogP contribution in [0, 0.1) is 34.0 Å². The molecule has 1 N–H and O–H groups in total. The van der Waals surface area contributed by atoms with E-state index in [4.69, 9.17) is 14.7 Å². The number of nitrogens with zero attached hydrogens (tertiary/aromatic N) is 6. The summed E-state index contributed by atoms with van der Waals surface area (Å²) in [5.74, 6) is -0.805. The number of methoxy groups -OCH3 is 1. The zero-order valence-corrected chi connectivity index (χ0v) is 20.3. The van der Waals surface area contributed by atoms with Crippen LogP contribution in [0.4, 0.5) is 22.7 Å². The molecule has 0 bridgehead atoms. The lowest BCUT2D eigenvalue weighted by molar-refractivity contribution is -0.114. The number of ether oxygens (including phenoxy) is 2. The maximum Gasteiger partial charge on any atom is 0.339 e. The Bertz CT molecular complexity index is 1330. The van der Waals surface area contributed by atoms with Gasteiger partial charge in [0.1, 0.15) is 35.3 Å². The van der Waals surface area contributed by atoms with Crippen molar-refractivity contribution in [1.29, 1.82) is 15.8 Å². The summed E-state index contributed by atoms with van der Waals surface area (Å²) in [6, 6.07) is 11.0. The molecule has 0 atom stereocenters. The molecular formula is C26H23N7O4. The Morgan fingerprint density at radius 2 is 1.68 bits per heavy atom. The van der Waals surface area contributed by atoms with Gasteiger partial charge in [-0.05, 0) is 18.2 Å². The molecule has 2 aromatic carbocycles. The first-order chi connectivity index (χ1) is 17.8. The summed E-state index contributed by atoms with van der Waals surface area (Å²) >= 11 is 0. The maximum absolute atomic E-state index is 12.1. The Morgan fingerprint density at radius 3 is 2.16 bits per heavy atom. The molecule has 0 spiro atoms. The van der Waals surface area contributed by atoms with Gasteiger partial charge in [0.05, 0.1) is 35.2 Å². The van der Waals surface area contributed by atoms with E-state index in [1.54, 1.807) is 30.4 Å². The molecule has 1 amide bonds. The largest absolute Gasteiger partial charge is 0.494 e. The van der Waals surface area contributed by atoms with Crippen LogP contribution in [-0.2, 0) is 9.53 Å². The highest BCUT2D eigenvalue weighted by atomic mass is 16.5. The van der Waals surface area contributed by atoms with Gasteiger partial charge in [-0.1, -0.05) is 12.2 Å². The minimum absolute atomic E-state index is 0.0846. The molecule has 0 heterocycles. The normalized spacial score (nSPS) is 9.92. The van der Waals surface area contributed by atoms with Gasteiger partial charge >= 0.3 is 5.97 Å². The van der Waals surface area contributed by atoms with Gasteiger partial charge in [0.25, 0.3) is 0 Å². The highest BCUT2D eigenvalue weighted by Crippen LogP contribution is 2.40. The van der Waals surface area contributed by atoms with Crippen LogP contribution < -0.4 is 15.0 Å². The summed E-state index contributed by atoms with van der Waals surface area (Å²) in [6.07, 6.45) is 3.42. The molecule has 37 heavy (non-hydrogen) atoms. The van der Waals surface area contributed by atoms with Gasteiger partial charge in [0, 0.05) is 26.1 Å². The molecule has 0 saturated heterocycles. The van der Waals surface area contributed by atoms with Crippen LogP contribution in [0.1, 0.15) is 28.4 Å². The van der Waals surface area contributed by atoms with Crippen LogP contribution in [0.3, 0.4) is 0 Å². The van der Waals surface area contributed by atoms with E-state index >= 15 is 0 Å². The third kappa shape index (κ3) is 7.01. The number of benzene rings is 2. The van der Waals surface area contributed by atoms with Crippen molar-refractivity contribution in [2.75, 3.05) is 37.0 Å². The van der Waals surface area contributed by atoms with Crippen LogP contribution >= 0.6 is 0 Å². The second kappa shape index (κ2) is 13.4. The van der Waals surface area contributed by atoms with Gasteiger partial charge < -0.3 is 19.7 Å². The van der Waals surface area contributed by atoms with Gasteiger partial charge in [0.2, 0.25) is 5.91 Å². The molecule has 2 aromatic rings. The lowest BCUT2D eigenvalue weighted by Gasteiger charge is -2.25. The number of esters is 1. The third-order valence-corrected chi connectivity index (χ3v) is 4.76. The van der Waals surface area contributed by atoms with Crippen molar-refractivity contribution in [3.05, 3.63) is 66.3 Å². The number of nitrogens with one attached hydrogen (secondary N) is 1. The summed E-state index contributed by atoms with van der Waals surface area (Å²) in [7, 11) is 1.48. The van der Waals surface area contributed by atoms with Crippen molar-refractivity contribution in [2.45, 2.75) is 6.92 Å². The molecule has 0 fully saturated rings. The molecule has 11 heteroatoms. The number of amides is 1. The monoisotopic (exact) mass is 497 g/mol. The highest BCUT2D eigenvalue weighted by molar-refractivity contribution is 5.94. The number of hydrogen-bond acceptors (Lipinski definition) is 10. The maximum atomic E-state index is 12.1. The Labute approximate surface area is 214 Å². The van der Waals surface area contributed by atoms with Gasteiger partial charge in [-0.15, -0.1) is 23.4 Å². The van der Waals surface area contributed by atoms with Crippen LogP contribution in [-0.4, -0.2) is 38.7 Å². The number of carbonyl (C=O) groups is 2. The van der Waals surface area contributed by atoms with E-state index in [0.717, 1.165) is 0 Å². The number of rotatable bonds is 11. The summed E-state index contributed by atoms with van der Waals surface area (Å²) in [5, 5.41) is 38.8. The topological polar surface area (TPSA) is 164 Å². The average Bonchev–Trinajstić information content (AvgIpc) is 2.89. The van der Waals surface area contributed by atoms with Crippen molar-refractivity contribution >= 4 is 34.6 Å². The first-order valence-electron chi connectivity index (χ1n) is 10.7. The average molecular weight is 498 g/mol. The first kappa shape index (κ1) is 27.8. The minimum atomic E-state index is -0.866. The molecule has 0 aliphatic rings. The number of nitriles is 3. The molecule has 2 rings (SSSR count). The lowest BCUT2D eigenvalue weighted by atomic mass is 10.0. The van der Waals surface area contributed by atoms with Gasteiger partial charge in [0.15, 0.2) is 6.61 Å². The van der Waals surface area contributed by atoms with Crippen LogP contribution in [0.2, 0.25) is 0 Å². The van der Waals surface area contributed by atoms with E-state index < -0.39 is 12.6 Å². The van der Waals surface area contributed by atoms with Crippen molar-refractivity contribution in [1.82, 2.24) is 0 Å². The van der Waals surface area contributed by atoms with E-state index in [-0.39, 0.29) is 34.0 Å². The Morgan fingerprint density at radius 1 is 1.05 bits per heavy atom. The fraction of sp³-hybridized carbons (Fsp3) is 0.192. The molecule has 186 valence electrons. The molecule has 0 aromatic heterocycles.